The lowest BCUT2D eigenvalue weighted by molar-refractivity contribution is -0.130. The summed E-state index contributed by atoms with van der Waals surface area (Å²) in [6, 6.07) is 17.6. The second kappa shape index (κ2) is 8.21. The molecule has 0 aliphatic carbocycles. The van der Waals surface area contributed by atoms with Gasteiger partial charge in [0.05, 0.1) is 5.69 Å². The minimum atomic E-state index is -0.0490. The topological polar surface area (TPSA) is 41.9 Å². The van der Waals surface area contributed by atoms with Crippen molar-refractivity contribution in [2.24, 2.45) is 4.99 Å². The van der Waals surface area contributed by atoms with E-state index in [0.717, 1.165) is 28.6 Å². The lowest BCUT2D eigenvalue weighted by Gasteiger charge is -2.23. The Morgan fingerprint density at radius 1 is 1.24 bits per heavy atom. The number of rotatable bonds is 5. The minimum absolute atomic E-state index is 0.0217. The number of hydrogen-bond donors (Lipinski definition) is 0. The largest absolute Gasteiger partial charge is 0.484 e. The number of aryl methyl sites for hydroxylation is 1. The second-order valence-electron chi connectivity index (χ2n) is 5.97. The molecule has 0 aromatic heterocycles. The Morgan fingerprint density at radius 2 is 2.04 bits per heavy atom. The summed E-state index contributed by atoms with van der Waals surface area (Å²) in [4.78, 5) is 19.3. The van der Waals surface area contributed by atoms with Gasteiger partial charge in [-0.1, -0.05) is 49.0 Å². The van der Waals surface area contributed by atoms with Crippen LogP contribution in [-0.2, 0) is 4.79 Å². The lowest BCUT2D eigenvalue weighted by Crippen LogP contribution is -2.41. The van der Waals surface area contributed by atoms with Gasteiger partial charge >= 0.3 is 0 Å². The maximum absolute atomic E-state index is 12.8. The first-order chi connectivity index (χ1) is 12.2. The quantitative estimate of drug-likeness (QED) is 0.798. The molecule has 2 aromatic rings. The Hall–Kier alpha value is -2.27. The van der Waals surface area contributed by atoms with E-state index in [1.54, 1.807) is 16.7 Å². The van der Waals surface area contributed by atoms with Crippen LogP contribution in [0.15, 0.2) is 59.6 Å². The SMILES string of the molecule is CC[C@H]1CSC(=Nc2cccc(C)c2)N1C(=O)COc1ccccc1. The van der Waals surface area contributed by atoms with Gasteiger partial charge in [-0.25, -0.2) is 4.99 Å². The van der Waals surface area contributed by atoms with Crippen molar-refractivity contribution in [2.45, 2.75) is 26.3 Å². The Morgan fingerprint density at radius 3 is 2.76 bits per heavy atom. The maximum Gasteiger partial charge on any atom is 0.266 e. The molecule has 3 rings (SSSR count). The van der Waals surface area contributed by atoms with Crippen LogP contribution in [-0.4, -0.2) is 34.4 Å². The van der Waals surface area contributed by atoms with Gasteiger partial charge in [0.15, 0.2) is 11.8 Å². The van der Waals surface area contributed by atoms with E-state index in [2.05, 4.69) is 6.92 Å². The van der Waals surface area contributed by atoms with E-state index < -0.39 is 0 Å². The summed E-state index contributed by atoms with van der Waals surface area (Å²) in [6.07, 6.45) is 0.900. The number of para-hydroxylation sites is 1. The van der Waals surface area contributed by atoms with Crippen LogP contribution in [0.2, 0.25) is 0 Å². The fourth-order valence-corrected chi connectivity index (χ4v) is 3.99. The molecule has 4 nitrogen and oxygen atoms in total. The molecular formula is C20H22N2O2S. The molecule has 0 spiro atoms. The van der Waals surface area contributed by atoms with Gasteiger partial charge in [0.2, 0.25) is 0 Å². The van der Waals surface area contributed by atoms with Gasteiger partial charge in [-0.15, -0.1) is 0 Å². The third-order valence-corrected chi connectivity index (χ3v) is 5.15. The zero-order chi connectivity index (χ0) is 17.6. The molecule has 0 unspecified atom stereocenters. The van der Waals surface area contributed by atoms with E-state index in [1.165, 1.54) is 0 Å². The van der Waals surface area contributed by atoms with Crippen LogP contribution < -0.4 is 4.74 Å². The van der Waals surface area contributed by atoms with Crippen molar-refractivity contribution < 1.29 is 9.53 Å². The van der Waals surface area contributed by atoms with Gasteiger partial charge in [-0.05, 0) is 43.2 Å². The predicted octanol–water partition coefficient (Wildman–Crippen LogP) is 4.42. The molecular weight excluding hydrogens is 332 g/mol. The fourth-order valence-electron chi connectivity index (χ4n) is 2.71. The normalized spacial score (nSPS) is 18.6. The summed E-state index contributed by atoms with van der Waals surface area (Å²) < 4.78 is 5.64. The second-order valence-corrected chi connectivity index (χ2v) is 6.96. The van der Waals surface area contributed by atoms with E-state index in [9.17, 15) is 4.79 Å². The molecule has 1 heterocycles. The standard InChI is InChI=1S/C20H22N2O2S/c1-3-17-14-25-20(21-16-9-7-8-15(2)12-16)22(17)19(23)13-24-18-10-5-4-6-11-18/h4-12,17H,3,13-14H2,1-2H3/t17-/m0/s1. The summed E-state index contributed by atoms with van der Waals surface area (Å²) in [6.45, 7) is 4.16. The number of thioether (sulfide) groups is 1. The monoisotopic (exact) mass is 354 g/mol. The fraction of sp³-hybridized carbons (Fsp3) is 0.300. The Bertz CT molecular complexity index is 761. The number of aliphatic imine (C=N–C) groups is 1. The van der Waals surface area contributed by atoms with Gasteiger partial charge in [0.1, 0.15) is 5.75 Å². The first-order valence-corrected chi connectivity index (χ1v) is 9.44. The molecule has 1 atom stereocenters. The van der Waals surface area contributed by atoms with Crippen LogP contribution in [0.1, 0.15) is 18.9 Å². The van der Waals surface area contributed by atoms with Crippen molar-refractivity contribution in [3.05, 3.63) is 60.2 Å². The highest BCUT2D eigenvalue weighted by Crippen LogP contribution is 2.29. The summed E-state index contributed by atoms with van der Waals surface area (Å²) in [5.74, 6) is 1.53. The minimum Gasteiger partial charge on any atom is -0.484 e. The summed E-state index contributed by atoms with van der Waals surface area (Å²) in [7, 11) is 0. The van der Waals surface area contributed by atoms with Crippen LogP contribution in [0.3, 0.4) is 0 Å². The van der Waals surface area contributed by atoms with Gasteiger partial charge in [0, 0.05) is 11.8 Å². The first-order valence-electron chi connectivity index (χ1n) is 8.45. The smallest absolute Gasteiger partial charge is 0.266 e. The van der Waals surface area contributed by atoms with Crippen molar-refractivity contribution in [3.63, 3.8) is 0 Å². The van der Waals surface area contributed by atoms with Crippen LogP contribution in [0, 0.1) is 6.92 Å². The number of amides is 1. The number of carbonyl (C=O) groups excluding carboxylic acids is 1. The molecule has 130 valence electrons. The third kappa shape index (κ3) is 4.42. The average molecular weight is 354 g/mol. The van der Waals surface area contributed by atoms with Gasteiger partial charge < -0.3 is 4.74 Å². The van der Waals surface area contributed by atoms with E-state index in [0.29, 0.717) is 5.75 Å². The highest BCUT2D eigenvalue weighted by Gasteiger charge is 2.34. The average Bonchev–Trinajstić information content (AvgIpc) is 3.03. The Labute approximate surface area is 152 Å². The molecule has 1 fully saturated rings. The van der Waals surface area contributed by atoms with Crippen LogP contribution in [0.25, 0.3) is 0 Å². The Kier molecular flexibility index (Phi) is 5.76. The van der Waals surface area contributed by atoms with E-state index >= 15 is 0 Å². The molecule has 25 heavy (non-hydrogen) atoms. The Balaban J connectivity index is 1.76. The molecule has 5 heteroatoms. The van der Waals surface area contributed by atoms with Gasteiger partial charge in [0.25, 0.3) is 5.91 Å². The molecule has 2 aromatic carbocycles. The molecule has 1 saturated heterocycles. The third-order valence-electron chi connectivity index (χ3n) is 4.05. The van der Waals surface area contributed by atoms with E-state index in [-0.39, 0.29) is 18.6 Å². The zero-order valence-electron chi connectivity index (χ0n) is 14.5. The van der Waals surface area contributed by atoms with Crippen molar-refractivity contribution in [1.29, 1.82) is 0 Å². The number of nitrogens with zero attached hydrogens (tertiary/aromatic N) is 2. The number of hydrogen-bond acceptors (Lipinski definition) is 4. The summed E-state index contributed by atoms with van der Waals surface area (Å²) in [5, 5.41) is 0.763. The summed E-state index contributed by atoms with van der Waals surface area (Å²) in [5.41, 5.74) is 2.03. The van der Waals surface area contributed by atoms with Crippen molar-refractivity contribution in [3.8, 4) is 5.75 Å². The lowest BCUT2D eigenvalue weighted by atomic mass is 10.2. The van der Waals surface area contributed by atoms with Crippen molar-refractivity contribution in [2.75, 3.05) is 12.4 Å². The number of benzene rings is 2. The van der Waals surface area contributed by atoms with Crippen LogP contribution in [0.4, 0.5) is 5.69 Å². The van der Waals surface area contributed by atoms with E-state index in [1.807, 2.05) is 61.5 Å². The van der Waals surface area contributed by atoms with Gasteiger partial charge in [-0.3, -0.25) is 9.69 Å². The molecule has 0 radical (unpaired) electrons. The summed E-state index contributed by atoms with van der Waals surface area (Å²) >= 11 is 1.63. The molecule has 0 saturated carbocycles. The predicted molar refractivity (Wildman–Crippen MR) is 104 cm³/mol. The number of carbonyl (C=O) groups is 1. The molecule has 0 N–H and O–H groups in total. The maximum atomic E-state index is 12.8. The van der Waals surface area contributed by atoms with Crippen molar-refractivity contribution in [1.82, 2.24) is 4.90 Å². The molecule has 1 aliphatic heterocycles. The zero-order valence-corrected chi connectivity index (χ0v) is 15.3. The number of amidine groups is 1. The molecule has 1 amide bonds. The van der Waals surface area contributed by atoms with E-state index in [4.69, 9.17) is 9.73 Å². The van der Waals surface area contributed by atoms with Crippen LogP contribution >= 0.6 is 11.8 Å². The molecule has 0 bridgehead atoms. The van der Waals surface area contributed by atoms with Crippen molar-refractivity contribution >= 4 is 28.5 Å². The number of ether oxygens (including phenoxy) is 1. The molecule has 1 aliphatic rings. The first kappa shape index (κ1) is 17.5. The van der Waals surface area contributed by atoms with Gasteiger partial charge in [-0.2, -0.15) is 0 Å². The highest BCUT2D eigenvalue weighted by atomic mass is 32.2. The highest BCUT2D eigenvalue weighted by molar-refractivity contribution is 8.14. The van der Waals surface area contributed by atoms with Crippen LogP contribution in [0.5, 0.6) is 5.75 Å².